The van der Waals surface area contributed by atoms with Crippen molar-refractivity contribution in [3.05, 3.63) is 72.9 Å². The van der Waals surface area contributed by atoms with Gasteiger partial charge in [0.1, 0.15) is 6.61 Å². The number of unbranched alkanes of at least 4 members (excludes halogenated alkanes) is 32. The van der Waals surface area contributed by atoms with E-state index in [4.69, 9.17) is 9.47 Å². The molecule has 0 aromatic rings. The van der Waals surface area contributed by atoms with Crippen LogP contribution < -0.4 is 0 Å². The monoisotopic (exact) mass is 921 g/mol. The van der Waals surface area contributed by atoms with E-state index in [0.29, 0.717) is 12.8 Å². The highest BCUT2D eigenvalue weighted by molar-refractivity contribution is 5.70. The van der Waals surface area contributed by atoms with Crippen LogP contribution in [0.3, 0.4) is 0 Å². The molecule has 0 bridgehead atoms. The lowest BCUT2D eigenvalue weighted by Gasteiger charge is -2.15. The number of ether oxygens (including phenoxy) is 2. The van der Waals surface area contributed by atoms with E-state index in [1.165, 1.54) is 167 Å². The Kier molecular flexibility index (Phi) is 54.4. The number of aliphatic hydroxyl groups excluding tert-OH is 1. The summed E-state index contributed by atoms with van der Waals surface area (Å²) in [5, 5.41) is 9.64. The molecule has 0 saturated carbocycles. The second-order valence-electron chi connectivity index (χ2n) is 19.0. The van der Waals surface area contributed by atoms with Gasteiger partial charge in [0.05, 0.1) is 6.61 Å². The quantitative estimate of drug-likeness (QED) is 0.0374. The summed E-state index contributed by atoms with van der Waals surface area (Å²) in [5.41, 5.74) is 0. The smallest absolute Gasteiger partial charge is 0.306 e. The van der Waals surface area contributed by atoms with E-state index in [2.05, 4.69) is 86.8 Å². The van der Waals surface area contributed by atoms with Crippen LogP contribution in [0.15, 0.2) is 72.9 Å². The van der Waals surface area contributed by atoms with E-state index in [1.807, 2.05) is 0 Å². The molecule has 0 radical (unpaired) electrons. The summed E-state index contributed by atoms with van der Waals surface area (Å²) in [6.45, 7) is 4.04. The van der Waals surface area contributed by atoms with Crippen molar-refractivity contribution >= 4 is 11.9 Å². The van der Waals surface area contributed by atoms with E-state index in [0.717, 1.165) is 89.9 Å². The van der Waals surface area contributed by atoms with Crippen molar-refractivity contribution in [2.24, 2.45) is 0 Å². The molecule has 0 amide bonds. The summed E-state index contributed by atoms with van der Waals surface area (Å²) >= 11 is 0. The zero-order valence-corrected chi connectivity index (χ0v) is 43.7. The lowest BCUT2D eigenvalue weighted by Crippen LogP contribution is -2.28. The van der Waals surface area contributed by atoms with Gasteiger partial charge >= 0.3 is 11.9 Å². The molecule has 66 heavy (non-hydrogen) atoms. The third-order valence-electron chi connectivity index (χ3n) is 12.5. The van der Waals surface area contributed by atoms with Crippen LogP contribution in [0.2, 0.25) is 0 Å². The number of rotatable bonds is 52. The van der Waals surface area contributed by atoms with Crippen LogP contribution in [0.5, 0.6) is 0 Å². The van der Waals surface area contributed by atoms with Crippen molar-refractivity contribution in [3.8, 4) is 0 Å². The summed E-state index contributed by atoms with van der Waals surface area (Å²) in [7, 11) is 0. The first-order chi connectivity index (χ1) is 32.6. The first-order valence-corrected chi connectivity index (χ1v) is 28.5. The molecule has 0 rings (SSSR count). The Hall–Kier alpha value is -2.66. The van der Waals surface area contributed by atoms with Crippen LogP contribution in [-0.2, 0) is 19.1 Å². The molecule has 5 heteroatoms. The highest BCUT2D eigenvalue weighted by Gasteiger charge is 2.16. The molecule has 0 aromatic carbocycles. The van der Waals surface area contributed by atoms with Crippen LogP contribution in [0.1, 0.15) is 284 Å². The normalized spacial score (nSPS) is 12.7. The molecule has 0 aliphatic carbocycles. The molecule has 0 heterocycles. The van der Waals surface area contributed by atoms with Gasteiger partial charge in [0.25, 0.3) is 0 Å². The minimum Gasteiger partial charge on any atom is -0.462 e. The molecule has 5 nitrogen and oxygen atoms in total. The number of hydrogen-bond acceptors (Lipinski definition) is 5. The minimum absolute atomic E-state index is 0.0745. The zero-order chi connectivity index (χ0) is 47.7. The van der Waals surface area contributed by atoms with E-state index < -0.39 is 6.10 Å². The van der Waals surface area contributed by atoms with Gasteiger partial charge in [0.2, 0.25) is 0 Å². The Morgan fingerprint density at radius 2 is 0.652 bits per heavy atom. The molecule has 382 valence electrons. The summed E-state index contributed by atoms with van der Waals surface area (Å²) in [6.07, 6.45) is 77.4. The number of carbonyl (C=O) groups is 2. The van der Waals surface area contributed by atoms with Gasteiger partial charge < -0.3 is 14.6 Å². The SMILES string of the molecule is CC/C=C\C/C=C\C/C=C\C/C=C\C/C=C\CCCCCCCC(=O)OC(CO)COC(=O)CCCCCCCCCCCCCCCCCCCCC/C=C\CCCCCCCCCC. The van der Waals surface area contributed by atoms with Gasteiger partial charge in [-0.05, 0) is 83.5 Å². The third kappa shape index (κ3) is 54.0. The Morgan fingerprint density at radius 1 is 0.364 bits per heavy atom. The molecular weight excluding hydrogens is 813 g/mol. The van der Waals surface area contributed by atoms with E-state index in [1.54, 1.807) is 0 Å². The van der Waals surface area contributed by atoms with Crippen LogP contribution >= 0.6 is 0 Å². The fourth-order valence-electron chi connectivity index (χ4n) is 8.23. The summed E-state index contributed by atoms with van der Waals surface area (Å²) in [5.74, 6) is -0.605. The van der Waals surface area contributed by atoms with Crippen molar-refractivity contribution in [1.82, 2.24) is 0 Å². The van der Waals surface area contributed by atoms with E-state index in [-0.39, 0.29) is 25.2 Å². The van der Waals surface area contributed by atoms with Crippen molar-refractivity contribution < 1.29 is 24.2 Å². The molecule has 0 saturated heterocycles. The second-order valence-corrected chi connectivity index (χ2v) is 19.0. The molecule has 0 fully saturated rings. The predicted molar refractivity (Wildman–Crippen MR) is 288 cm³/mol. The molecule has 1 unspecified atom stereocenters. The van der Waals surface area contributed by atoms with Crippen molar-refractivity contribution in [2.45, 2.75) is 290 Å². The van der Waals surface area contributed by atoms with Gasteiger partial charge in [-0.15, -0.1) is 0 Å². The molecule has 0 aliphatic heterocycles. The van der Waals surface area contributed by atoms with Crippen LogP contribution in [-0.4, -0.2) is 36.4 Å². The van der Waals surface area contributed by atoms with Gasteiger partial charge in [-0.1, -0.05) is 260 Å². The average molecular weight is 922 g/mol. The first kappa shape index (κ1) is 63.3. The number of carbonyl (C=O) groups excluding carboxylic acids is 2. The molecule has 0 aliphatic rings. The second kappa shape index (κ2) is 56.7. The number of aliphatic hydroxyl groups is 1. The standard InChI is InChI=1S/C61H108O5/c1-3-5-7-9-11-13-15-17-19-21-23-25-26-27-28-29-30-31-32-33-34-36-37-39-41-43-45-47-49-51-53-55-60(63)65-58-59(57-62)66-61(64)56-54-52-50-48-46-44-42-40-38-35-24-22-20-18-16-14-12-10-8-6-4-2/h6,8,12,14,18,20-21,23-24,35,40,42,59,62H,3-5,7,9-11,13,15-17,19,22,25-34,36-39,41,43-58H2,1-2H3/b8-6-,14-12-,20-18-,23-21-,35-24-,42-40-. The maximum atomic E-state index is 12.3. The summed E-state index contributed by atoms with van der Waals surface area (Å²) in [6, 6.07) is 0. The molecule has 0 aromatic heterocycles. The van der Waals surface area contributed by atoms with E-state index >= 15 is 0 Å². The highest BCUT2D eigenvalue weighted by atomic mass is 16.6. The van der Waals surface area contributed by atoms with Crippen molar-refractivity contribution in [1.29, 1.82) is 0 Å². The molecule has 1 N–H and O–H groups in total. The van der Waals surface area contributed by atoms with Gasteiger partial charge in [-0.25, -0.2) is 0 Å². The van der Waals surface area contributed by atoms with Gasteiger partial charge in [-0.3, -0.25) is 9.59 Å². The summed E-state index contributed by atoms with van der Waals surface area (Å²) < 4.78 is 10.7. The maximum Gasteiger partial charge on any atom is 0.306 e. The van der Waals surface area contributed by atoms with Gasteiger partial charge in [0, 0.05) is 12.8 Å². The van der Waals surface area contributed by atoms with Crippen molar-refractivity contribution in [3.63, 3.8) is 0 Å². The predicted octanol–water partition coefficient (Wildman–Crippen LogP) is 19.2. The van der Waals surface area contributed by atoms with Crippen molar-refractivity contribution in [2.75, 3.05) is 13.2 Å². The molecule has 1 atom stereocenters. The third-order valence-corrected chi connectivity index (χ3v) is 12.5. The van der Waals surface area contributed by atoms with Crippen LogP contribution in [0.25, 0.3) is 0 Å². The Morgan fingerprint density at radius 3 is 1.00 bits per heavy atom. The first-order valence-electron chi connectivity index (χ1n) is 28.5. The Labute approximate surface area is 410 Å². The largest absolute Gasteiger partial charge is 0.462 e. The maximum absolute atomic E-state index is 12.3. The lowest BCUT2D eigenvalue weighted by atomic mass is 10.0. The minimum atomic E-state index is -0.785. The van der Waals surface area contributed by atoms with E-state index in [9.17, 15) is 14.7 Å². The fraction of sp³-hybridized carbons (Fsp3) is 0.770. The van der Waals surface area contributed by atoms with Crippen LogP contribution in [0.4, 0.5) is 0 Å². The summed E-state index contributed by atoms with van der Waals surface area (Å²) in [4.78, 5) is 24.5. The Bertz CT molecular complexity index is 1180. The topological polar surface area (TPSA) is 72.8 Å². The zero-order valence-electron chi connectivity index (χ0n) is 43.7. The fourth-order valence-corrected chi connectivity index (χ4v) is 8.23. The van der Waals surface area contributed by atoms with Crippen LogP contribution in [0, 0.1) is 0 Å². The number of allylic oxidation sites excluding steroid dienone is 12. The number of hydrogen-bond donors (Lipinski definition) is 1. The highest BCUT2D eigenvalue weighted by Crippen LogP contribution is 2.16. The number of esters is 2. The lowest BCUT2D eigenvalue weighted by molar-refractivity contribution is -0.161. The molecular formula is C61H108O5. The van der Waals surface area contributed by atoms with Gasteiger partial charge in [0.15, 0.2) is 6.10 Å². The van der Waals surface area contributed by atoms with Gasteiger partial charge in [-0.2, -0.15) is 0 Å². The average Bonchev–Trinajstić information content (AvgIpc) is 3.32. The Balaban J connectivity index is 3.47. The molecule has 0 spiro atoms.